The van der Waals surface area contributed by atoms with Crippen LogP contribution in [0.3, 0.4) is 0 Å². The SMILES string of the molecule is CCCC(C)COc1cc(C)ncc1CN. The third kappa shape index (κ3) is 3.81. The van der Waals surface area contributed by atoms with Crippen molar-refractivity contribution in [3.63, 3.8) is 0 Å². The van der Waals surface area contributed by atoms with Crippen LogP contribution in [0.5, 0.6) is 5.75 Å². The molecule has 0 aliphatic carbocycles. The molecule has 0 fully saturated rings. The first-order valence-corrected chi connectivity index (χ1v) is 5.95. The first-order chi connectivity index (χ1) is 7.67. The molecule has 1 aromatic heterocycles. The maximum absolute atomic E-state index is 5.80. The first kappa shape index (κ1) is 13.0. The van der Waals surface area contributed by atoms with Gasteiger partial charge in [0, 0.05) is 30.1 Å². The van der Waals surface area contributed by atoms with E-state index in [9.17, 15) is 0 Å². The van der Waals surface area contributed by atoms with Crippen LogP contribution in [0.2, 0.25) is 0 Å². The van der Waals surface area contributed by atoms with E-state index in [1.807, 2.05) is 13.0 Å². The molecule has 0 saturated heterocycles. The summed E-state index contributed by atoms with van der Waals surface area (Å²) in [4.78, 5) is 4.21. The van der Waals surface area contributed by atoms with Crippen molar-refractivity contribution in [2.75, 3.05) is 6.61 Å². The Hall–Kier alpha value is -1.09. The van der Waals surface area contributed by atoms with Crippen molar-refractivity contribution in [1.29, 1.82) is 0 Å². The van der Waals surface area contributed by atoms with Gasteiger partial charge in [-0.1, -0.05) is 20.3 Å². The van der Waals surface area contributed by atoms with E-state index < -0.39 is 0 Å². The highest BCUT2D eigenvalue weighted by molar-refractivity contribution is 5.32. The maximum Gasteiger partial charge on any atom is 0.127 e. The number of hydrogen-bond donors (Lipinski definition) is 1. The van der Waals surface area contributed by atoms with Gasteiger partial charge in [0.25, 0.3) is 0 Å². The van der Waals surface area contributed by atoms with E-state index in [2.05, 4.69) is 18.8 Å². The van der Waals surface area contributed by atoms with Gasteiger partial charge in [-0.05, 0) is 19.3 Å². The van der Waals surface area contributed by atoms with Gasteiger partial charge in [-0.25, -0.2) is 0 Å². The van der Waals surface area contributed by atoms with E-state index in [0.717, 1.165) is 23.6 Å². The molecule has 16 heavy (non-hydrogen) atoms. The molecule has 1 rings (SSSR count). The summed E-state index contributed by atoms with van der Waals surface area (Å²) >= 11 is 0. The Labute approximate surface area is 98.0 Å². The maximum atomic E-state index is 5.80. The molecule has 0 spiro atoms. The number of nitrogens with zero attached hydrogens (tertiary/aromatic N) is 1. The Morgan fingerprint density at radius 3 is 2.88 bits per heavy atom. The fourth-order valence-corrected chi connectivity index (χ4v) is 1.66. The van der Waals surface area contributed by atoms with Gasteiger partial charge in [0.05, 0.1) is 6.61 Å². The predicted molar refractivity (Wildman–Crippen MR) is 66.4 cm³/mol. The quantitative estimate of drug-likeness (QED) is 0.805. The van der Waals surface area contributed by atoms with Crippen LogP contribution in [0.1, 0.15) is 37.9 Å². The van der Waals surface area contributed by atoms with Gasteiger partial charge in [0.2, 0.25) is 0 Å². The third-order valence-corrected chi connectivity index (χ3v) is 2.61. The molecule has 90 valence electrons. The highest BCUT2D eigenvalue weighted by Crippen LogP contribution is 2.19. The molecule has 0 bridgehead atoms. The minimum Gasteiger partial charge on any atom is -0.493 e. The van der Waals surface area contributed by atoms with E-state index in [4.69, 9.17) is 10.5 Å². The van der Waals surface area contributed by atoms with E-state index in [1.165, 1.54) is 12.8 Å². The second kappa shape index (κ2) is 6.48. The summed E-state index contributed by atoms with van der Waals surface area (Å²) < 4.78 is 5.80. The Balaban J connectivity index is 2.61. The van der Waals surface area contributed by atoms with E-state index in [0.29, 0.717) is 12.5 Å². The molecule has 3 heteroatoms. The van der Waals surface area contributed by atoms with Crippen LogP contribution in [0.4, 0.5) is 0 Å². The van der Waals surface area contributed by atoms with Crippen LogP contribution >= 0.6 is 0 Å². The van der Waals surface area contributed by atoms with E-state index in [-0.39, 0.29) is 0 Å². The predicted octanol–water partition coefficient (Wildman–Crippen LogP) is 2.66. The summed E-state index contributed by atoms with van der Waals surface area (Å²) in [6.45, 7) is 7.59. The Kier molecular flexibility index (Phi) is 5.26. The van der Waals surface area contributed by atoms with Crippen molar-refractivity contribution in [3.8, 4) is 5.75 Å². The van der Waals surface area contributed by atoms with Crippen molar-refractivity contribution >= 4 is 0 Å². The van der Waals surface area contributed by atoms with Crippen molar-refractivity contribution < 1.29 is 4.74 Å². The van der Waals surface area contributed by atoms with Gasteiger partial charge >= 0.3 is 0 Å². The van der Waals surface area contributed by atoms with Gasteiger partial charge in [-0.3, -0.25) is 4.98 Å². The number of aryl methyl sites for hydroxylation is 1. The fourth-order valence-electron chi connectivity index (χ4n) is 1.66. The first-order valence-electron chi connectivity index (χ1n) is 5.95. The Morgan fingerprint density at radius 1 is 1.50 bits per heavy atom. The van der Waals surface area contributed by atoms with Gasteiger partial charge in [0.15, 0.2) is 0 Å². The Morgan fingerprint density at radius 2 is 2.25 bits per heavy atom. The zero-order valence-corrected chi connectivity index (χ0v) is 10.5. The molecule has 0 aliphatic rings. The highest BCUT2D eigenvalue weighted by atomic mass is 16.5. The zero-order chi connectivity index (χ0) is 12.0. The van der Waals surface area contributed by atoms with Gasteiger partial charge in [-0.15, -0.1) is 0 Å². The number of ether oxygens (including phenoxy) is 1. The summed E-state index contributed by atoms with van der Waals surface area (Å²) in [7, 11) is 0. The number of hydrogen-bond acceptors (Lipinski definition) is 3. The second-order valence-electron chi connectivity index (χ2n) is 4.34. The minimum absolute atomic E-state index is 0.477. The monoisotopic (exact) mass is 222 g/mol. The standard InChI is InChI=1S/C13H22N2O/c1-4-5-10(2)9-16-13-6-11(3)15-8-12(13)7-14/h6,8,10H,4-5,7,9,14H2,1-3H3. The molecule has 0 radical (unpaired) electrons. The normalized spacial score (nSPS) is 12.5. The lowest BCUT2D eigenvalue weighted by Crippen LogP contribution is -2.11. The van der Waals surface area contributed by atoms with Crippen LogP contribution in [0.15, 0.2) is 12.3 Å². The molecule has 1 atom stereocenters. The van der Waals surface area contributed by atoms with E-state index >= 15 is 0 Å². The second-order valence-corrected chi connectivity index (χ2v) is 4.34. The summed E-state index contributed by atoms with van der Waals surface area (Å²) in [6.07, 6.45) is 4.20. The molecule has 3 nitrogen and oxygen atoms in total. The highest BCUT2D eigenvalue weighted by Gasteiger charge is 2.06. The summed E-state index contributed by atoms with van der Waals surface area (Å²) in [5.41, 5.74) is 7.59. The Bertz CT molecular complexity index is 326. The summed E-state index contributed by atoms with van der Waals surface area (Å²) in [5.74, 6) is 1.47. The van der Waals surface area contributed by atoms with Crippen molar-refractivity contribution in [2.45, 2.75) is 40.2 Å². The average molecular weight is 222 g/mol. The zero-order valence-electron chi connectivity index (χ0n) is 10.5. The van der Waals surface area contributed by atoms with E-state index in [1.54, 1.807) is 6.20 Å². The summed E-state index contributed by atoms with van der Waals surface area (Å²) in [5, 5.41) is 0. The number of pyridine rings is 1. The van der Waals surface area contributed by atoms with Crippen molar-refractivity contribution in [2.24, 2.45) is 11.7 Å². The molecular weight excluding hydrogens is 200 g/mol. The average Bonchev–Trinajstić information content (AvgIpc) is 2.27. The lowest BCUT2D eigenvalue weighted by atomic mass is 10.1. The number of nitrogens with two attached hydrogens (primary N) is 1. The lowest BCUT2D eigenvalue weighted by Gasteiger charge is -2.14. The number of aromatic nitrogens is 1. The van der Waals surface area contributed by atoms with Crippen molar-refractivity contribution in [3.05, 3.63) is 23.5 Å². The van der Waals surface area contributed by atoms with Crippen LogP contribution < -0.4 is 10.5 Å². The molecule has 0 aromatic carbocycles. The van der Waals surface area contributed by atoms with Crippen LogP contribution in [-0.2, 0) is 6.54 Å². The van der Waals surface area contributed by atoms with Gasteiger partial charge in [-0.2, -0.15) is 0 Å². The van der Waals surface area contributed by atoms with Crippen molar-refractivity contribution in [1.82, 2.24) is 4.98 Å². The van der Waals surface area contributed by atoms with Crippen LogP contribution in [0.25, 0.3) is 0 Å². The minimum atomic E-state index is 0.477. The molecular formula is C13H22N2O. The molecule has 0 amide bonds. The molecule has 2 N–H and O–H groups in total. The van der Waals surface area contributed by atoms with Crippen LogP contribution in [-0.4, -0.2) is 11.6 Å². The largest absolute Gasteiger partial charge is 0.493 e. The lowest BCUT2D eigenvalue weighted by molar-refractivity contribution is 0.249. The fraction of sp³-hybridized carbons (Fsp3) is 0.615. The smallest absolute Gasteiger partial charge is 0.127 e. The van der Waals surface area contributed by atoms with Gasteiger partial charge in [0.1, 0.15) is 5.75 Å². The molecule has 1 aromatic rings. The number of rotatable bonds is 6. The van der Waals surface area contributed by atoms with Gasteiger partial charge < -0.3 is 10.5 Å². The molecule has 1 heterocycles. The molecule has 0 saturated carbocycles. The molecule has 0 aliphatic heterocycles. The molecule has 1 unspecified atom stereocenters. The summed E-state index contributed by atoms with van der Waals surface area (Å²) in [6, 6.07) is 1.96. The topological polar surface area (TPSA) is 48.1 Å². The third-order valence-electron chi connectivity index (χ3n) is 2.61. The van der Waals surface area contributed by atoms with Crippen LogP contribution in [0, 0.1) is 12.8 Å².